The highest BCUT2D eigenvalue weighted by atomic mass is 32.1. The molecule has 0 saturated carbocycles. The molecule has 0 amide bonds. The van der Waals surface area contributed by atoms with Gasteiger partial charge >= 0.3 is 5.97 Å². The Kier molecular flexibility index (Phi) is 3.58. The van der Waals surface area contributed by atoms with E-state index in [1.807, 2.05) is 36.9 Å². The quantitative estimate of drug-likeness (QED) is 0.783. The fraction of sp³-hybridized carbons (Fsp3) is 0.333. The number of thiazole rings is 1. The summed E-state index contributed by atoms with van der Waals surface area (Å²) in [6.07, 6.45) is 3.72. The van der Waals surface area contributed by atoms with Crippen LogP contribution in [0.4, 0.5) is 0 Å². The van der Waals surface area contributed by atoms with Crippen molar-refractivity contribution in [3.63, 3.8) is 0 Å². The molecule has 90 valence electrons. The third kappa shape index (κ3) is 2.55. The Morgan fingerprint density at radius 1 is 1.59 bits per heavy atom. The second kappa shape index (κ2) is 5.14. The van der Waals surface area contributed by atoms with E-state index in [2.05, 4.69) is 4.98 Å². The zero-order valence-corrected chi connectivity index (χ0v) is 10.7. The minimum Gasteiger partial charge on any atom is -0.461 e. The number of esters is 1. The predicted molar refractivity (Wildman–Crippen MR) is 66.3 cm³/mol. The molecular formula is C12H14N2O2S. The molecule has 0 spiro atoms. The van der Waals surface area contributed by atoms with E-state index in [1.54, 1.807) is 16.8 Å². The number of nitrogens with zero attached hydrogens (tertiary/aromatic N) is 2. The van der Waals surface area contributed by atoms with E-state index in [-0.39, 0.29) is 5.97 Å². The lowest BCUT2D eigenvalue weighted by molar-refractivity contribution is 0.0513. The molecule has 0 aliphatic carbocycles. The largest absolute Gasteiger partial charge is 0.461 e. The lowest BCUT2D eigenvalue weighted by Gasteiger charge is -2.08. The normalized spacial score (nSPS) is 10.5. The molecule has 4 nitrogen and oxygen atoms in total. The average molecular weight is 250 g/mol. The van der Waals surface area contributed by atoms with Crippen molar-refractivity contribution >= 4 is 17.3 Å². The van der Waals surface area contributed by atoms with Crippen molar-refractivity contribution < 1.29 is 9.53 Å². The van der Waals surface area contributed by atoms with Crippen LogP contribution in [0.3, 0.4) is 0 Å². The second-order valence-electron chi connectivity index (χ2n) is 3.66. The molecule has 2 heterocycles. The van der Waals surface area contributed by atoms with E-state index < -0.39 is 0 Å². The van der Waals surface area contributed by atoms with Gasteiger partial charge < -0.3 is 9.30 Å². The van der Waals surface area contributed by atoms with Crippen LogP contribution in [-0.4, -0.2) is 22.1 Å². The summed E-state index contributed by atoms with van der Waals surface area (Å²) in [5.74, 6) is -0.264. The van der Waals surface area contributed by atoms with E-state index in [0.717, 1.165) is 10.4 Å². The Hall–Kier alpha value is -1.62. The summed E-state index contributed by atoms with van der Waals surface area (Å²) in [4.78, 5) is 17.0. The van der Waals surface area contributed by atoms with Crippen molar-refractivity contribution in [1.29, 1.82) is 0 Å². The fourth-order valence-electron chi connectivity index (χ4n) is 1.68. The van der Waals surface area contributed by atoms with Gasteiger partial charge in [0, 0.05) is 17.3 Å². The topological polar surface area (TPSA) is 44.1 Å². The first-order valence-corrected chi connectivity index (χ1v) is 6.30. The molecule has 2 aromatic heterocycles. The molecule has 0 aromatic carbocycles. The van der Waals surface area contributed by atoms with Gasteiger partial charge in [0.2, 0.25) is 0 Å². The van der Waals surface area contributed by atoms with Crippen LogP contribution in [-0.2, 0) is 11.3 Å². The number of aryl methyl sites for hydroxylation is 1. The van der Waals surface area contributed by atoms with Crippen molar-refractivity contribution in [3.8, 4) is 0 Å². The van der Waals surface area contributed by atoms with Gasteiger partial charge in [-0.05, 0) is 25.5 Å². The van der Waals surface area contributed by atoms with Gasteiger partial charge in [-0.3, -0.25) is 4.98 Å². The van der Waals surface area contributed by atoms with Gasteiger partial charge in [-0.2, -0.15) is 0 Å². The summed E-state index contributed by atoms with van der Waals surface area (Å²) in [5.41, 5.74) is 3.35. The first kappa shape index (κ1) is 11.9. The van der Waals surface area contributed by atoms with Crippen molar-refractivity contribution in [2.75, 3.05) is 6.61 Å². The Morgan fingerprint density at radius 3 is 3.06 bits per heavy atom. The number of hydrogen-bond acceptors (Lipinski definition) is 4. The van der Waals surface area contributed by atoms with Gasteiger partial charge in [-0.15, -0.1) is 11.3 Å². The molecule has 0 aliphatic rings. The number of carbonyl (C=O) groups excluding carboxylic acids is 1. The molecule has 17 heavy (non-hydrogen) atoms. The van der Waals surface area contributed by atoms with Crippen LogP contribution in [0.1, 0.15) is 27.9 Å². The zero-order chi connectivity index (χ0) is 12.3. The van der Waals surface area contributed by atoms with E-state index in [1.165, 1.54) is 0 Å². The third-order valence-corrected chi connectivity index (χ3v) is 3.21. The molecule has 0 bridgehead atoms. The summed E-state index contributed by atoms with van der Waals surface area (Å²) in [5, 5.41) is 0. The van der Waals surface area contributed by atoms with Gasteiger partial charge in [0.25, 0.3) is 0 Å². The smallest absolute Gasteiger partial charge is 0.355 e. The van der Waals surface area contributed by atoms with Crippen LogP contribution in [0.2, 0.25) is 0 Å². The van der Waals surface area contributed by atoms with Crippen LogP contribution < -0.4 is 0 Å². The Bertz CT molecular complexity index is 503. The van der Waals surface area contributed by atoms with Gasteiger partial charge in [0.1, 0.15) is 5.69 Å². The third-order valence-electron chi connectivity index (χ3n) is 2.44. The highest BCUT2D eigenvalue weighted by molar-refractivity contribution is 7.09. The van der Waals surface area contributed by atoms with Crippen LogP contribution in [0, 0.1) is 6.92 Å². The number of hydrogen-bond donors (Lipinski definition) is 0. The Balaban J connectivity index is 2.26. The first-order valence-electron chi connectivity index (χ1n) is 5.42. The number of aromatic nitrogens is 2. The van der Waals surface area contributed by atoms with Gasteiger partial charge in [0.15, 0.2) is 0 Å². The van der Waals surface area contributed by atoms with E-state index in [9.17, 15) is 4.79 Å². The number of carbonyl (C=O) groups is 1. The fourth-order valence-corrected chi connectivity index (χ4v) is 2.27. The minimum atomic E-state index is -0.264. The van der Waals surface area contributed by atoms with Gasteiger partial charge in [-0.25, -0.2) is 4.79 Å². The molecule has 5 heteroatoms. The highest BCUT2D eigenvalue weighted by Crippen LogP contribution is 2.15. The van der Waals surface area contributed by atoms with Crippen molar-refractivity contribution in [1.82, 2.24) is 9.55 Å². The monoisotopic (exact) mass is 250 g/mol. The van der Waals surface area contributed by atoms with Crippen LogP contribution in [0.25, 0.3) is 0 Å². The van der Waals surface area contributed by atoms with Crippen molar-refractivity contribution in [3.05, 3.63) is 40.1 Å². The van der Waals surface area contributed by atoms with Crippen molar-refractivity contribution in [2.24, 2.45) is 0 Å². The predicted octanol–water partition coefficient (Wildman–Crippen LogP) is 2.48. The average Bonchev–Trinajstić information content (AvgIpc) is 2.90. The Morgan fingerprint density at radius 2 is 2.41 bits per heavy atom. The van der Waals surface area contributed by atoms with E-state index in [0.29, 0.717) is 18.8 Å². The van der Waals surface area contributed by atoms with E-state index in [4.69, 9.17) is 4.74 Å². The second-order valence-corrected chi connectivity index (χ2v) is 4.63. The molecule has 0 radical (unpaired) electrons. The Labute approximate surface area is 104 Å². The van der Waals surface area contributed by atoms with Gasteiger partial charge in [0.05, 0.1) is 18.7 Å². The van der Waals surface area contributed by atoms with E-state index >= 15 is 0 Å². The van der Waals surface area contributed by atoms with Crippen LogP contribution in [0.15, 0.2) is 24.0 Å². The molecule has 0 saturated heterocycles. The van der Waals surface area contributed by atoms with Crippen LogP contribution in [0.5, 0.6) is 0 Å². The highest BCUT2D eigenvalue weighted by Gasteiger charge is 2.16. The number of rotatable bonds is 4. The SMILES string of the molecule is CCOC(=O)c1c(C)ccn1Cc1cncs1. The summed E-state index contributed by atoms with van der Waals surface area (Å²) in [6, 6.07) is 1.92. The molecule has 2 aromatic rings. The van der Waals surface area contributed by atoms with Gasteiger partial charge in [-0.1, -0.05) is 0 Å². The molecule has 0 N–H and O–H groups in total. The number of ether oxygens (including phenoxy) is 1. The lowest BCUT2D eigenvalue weighted by atomic mass is 10.3. The lowest BCUT2D eigenvalue weighted by Crippen LogP contribution is -2.13. The maximum absolute atomic E-state index is 11.8. The standard InChI is InChI=1S/C12H14N2O2S/c1-3-16-12(15)11-9(2)4-5-14(11)7-10-6-13-8-17-10/h4-6,8H,3,7H2,1-2H3. The van der Waals surface area contributed by atoms with Crippen LogP contribution >= 0.6 is 11.3 Å². The molecule has 0 unspecified atom stereocenters. The summed E-state index contributed by atoms with van der Waals surface area (Å²) in [7, 11) is 0. The molecule has 0 fully saturated rings. The summed E-state index contributed by atoms with van der Waals surface area (Å²) >= 11 is 1.58. The minimum absolute atomic E-state index is 0.264. The molecule has 2 rings (SSSR count). The zero-order valence-electron chi connectivity index (χ0n) is 9.84. The summed E-state index contributed by atoms with van der Waals surface area (Å²) < 4.78 is 6.96. The maximum Gasteiger partial charge on any atom is 0.355 e. The molecular weight excluding hydrogens is 236 g/mol. The maximum atomic E-state index is 11.8. The molecule has 0 atom stereocenters. The molecule has 0 aliphatic heterocycles. The first-order chi connectivity index (χ1) is 8.22. The van der Waals surface area contributed by atoms with Crippen molar-refractivity contribution in [2.45, 2.75) is 20.4 Å². The summed E-state index contributed by atoms with van der Waals surface area (Å²) in [6.45, 7) is 4.77.